The van der Waals surface area contributed by atoms with Crippen molar-refractivity contribution in [2.24, 2.45) is 11.5 Å². The van der Waals surface area contributed by atoms with Crippen molar-refractivity contribution >= 4 is 122 Å². The van der Waals surface area contributed by atoms with Crippen molar-refractivity contribution in [1.82, 2.24) is 64.1 Å². The van der Waals surface area contributed by atoms with E-state index >= 15 is 0 Å². The van der Waals surface area contributed by atoms with Gasteiger partial charge >= 0.3 is 0 Å². The molecule has 30 nitrogen and oxygen atoms in total. The van der Waals surface area contributed by atoms with Crippen LogP contribution in [0.2, 0.25) is 0 Å². The molecule has 0 atom stereocenters. The average molecular weight is 1130 g/mol. The quantitative estimate of drug-likeness (QED) is 0.0706. The molecular weight excluding hydrogens is 1070 g/mol. The van der Waals surface area contributed by atoms with E-state index in [-0.39, 0.29) is 52.3 Å². The number of amides is 6. The molecule has 9 aromatic heterocycles. The van der Waals surface area contributed by atoms with Gasteiger partial charge in [0.25, 0.3) is 17.7 Å². The zero-order chi connectivity index (χ0) is 57.9. The molecule has 83 heavy (non-hydrogen) atoms. The first-order valence-electron chi connectivity index (χ1n) is 26.5. The minimum atomic E-state index is -0.642. The van der Waals surface area contributed by atoms with E-state index in [0.717, 1.165) is 32.1 Å². The Morgan fingerprint density at radius 2 is 0.867 bits per heavy atom. The second-order valence-corrected chi connectivity index (χ2v) is 19.4. The fourth-order valence-electron chi connectivity index (χ4n) is 9.45. The van der Waals surface area contributed by atoms with Crippen LogP contribution >= 0.6 is 0 Å². The molecule has 3 saturated heterocycles. The van der Waals surface area contributed by atoms with Crippen molar-refractivity contribution < 1.29 is 28.8 Å². The molecule has 0 unspecified atom stereocenters. The lowest BCUT2D eigenvalue weighted by atomic mass is 10.3. The van der Waals surface area contributed by atoms with Crippen molar-refractivity contribution in [2.45, 2.75) is 57.4 Å². The summed E-state index contributed by atoms with van der Waals surface area (Å²) in [6, 6.07) is 21.5. The van der Waals surface area contributed by atoms with Crippen LogP contribution in [0.15, 0.2) is 91.4 Å². The van der Waals surface area contributed by atoms with Crippen LogP contribution in [0.25, 0.3) is 16.9 Å². The van der Waals surface area contributed by atoms with Crippen LogP contribution in [-0.4, -0.2) is 134 Å². The summed E-state index contributed by atoms with van der Waals surface area (Å²) in [5, 5.41) is 30.8. The van der Waals surface area contributed by atoms with Crippen molar-refractivity contribution in [2.75, 3.05) is 80.7 Å². The molecule has 1 saturated carbocycles. The third-order valence-electron chi connectivity index (χ3n) is 13.7. The molecule has 12 N–H and O–H groups in total. The van der Waals surface area contributed by atoms with Gasteiger partial charge in [0, 0.05) is 77.2 Å². The zero-order valence-electron chi connectivity index (χ0n) is 44.9. The maximum atomic E-state index is 12.6. The van der Waals surface area contributed by atoms with Crippen molar-refractivity contribution in [3.8, 4) is 0 Å². The minimum absolute atomic E-state index is 0.0591. The maximum Gasteiger partial charge on any atom is 0.256 e. The molecule has 0 radical (unpaired) electrons. The van der Waals surface area contributed by atoms with Crippen molar-refractivity contribution in [3.05, 3.63) is 108 Å². The molecule has 1 aliphatic carbocycles. The van der Waals surface area contributed by atoms with Gasteiger partial charge in [0.15, 0.2) is 16.9 Å². The summed E-state index contributed by atoms with van der Waals surface area (Å²) in [6.45, 7) is 2.00. The number of fused-ring (bicyclic) bond motifs is 3. The molecule has 12 heterocycles. The molecule has 0 aromatic carbocycles. The Kier molecular flexibility index (Phi) is 14.9. The van der Waals surface area contributed by atoms with Crippen LogP contribution in [0, 0.1) is 0 Å². The normalized spacial score (nSPS) is 14.8. The molecule has 0 spiro atoms. The monoisotopic (exact) mass is 1120 g/mol. The van der Waals surface area contributed by atoms with Gasteiger partial charge in [-0.3, -0.25) is 43.5 Å². The Balaban J connectivity index is 0.000000131. The number of carbonyl (C=O) groups excluding carboxylic acids is 6. The van der Waals surface area contributed by atoms with E-state index in [1.807, 2.05) is 24.3 Å². The number of nitrogen functional groups attached to an aromatic ring is 1. The first kappa shape index (κ1) is 53.9. The fourth-order valence-corrected chi connectivity index (χ4v) is 9.45. The summed E-state index contributed by atoms with van der Waals surface area (Å²) >= 11 is 0. The van der Waals surface area contributed by atoms with E-state index in [0.29, 0.717) is 120 Å². The van der Waals surface area contributed by atoms with Gasteiger partial charge in [0.05, 0.1) is 18.6 Å². The Bertz CT molecular complexity index is 4020. The number of aromatic nitrogens is 12. The predicted octanol–water partition coefficient (Wildman–Crippen LogP) is 3.74. The van der Waals surface area contributed by atoms with E-state index in [4.69, 9.17) is 17.2 Å². The topological polar surface area (TPSA) is 392 Å². The lowest BCUT2D eigenvalue weighted by molar-refractivity contribution is -0.117. The summed E-state index contributed by atoms with van der Waals surface area (Å²) in [5.74, 6) is 5.14. The van der Waals surface area contributed by atoms with Gasteiger partial charge in [-0.1, -0.05) is 18.2 Å². The highest BCUT2D eigenvalue weighted by Gasteiger charge is 2.28. The molecule has 424 valence electrons. The summed E-state index contributed by atoms with van der Waals surface area (Å²) in [6.07, 6.45) is 10.4. The number of nitrogens with one attached hydrogen (secondary N) is 6. The van der Waals surface area contributed by atoms with Gasteiger partial charge in [-0.25, -0.2) is 29.9 Å². The Labute approximate surface area is 471 Å². The molecule has 4 fully saturated rings. The first-order chi connectivity index (χ1) is 40.2. The number of hydrogen-bond acceptors (Lipinski definition) is 21. The van der Waals surface area contributed by atoms with Gasteiger partial charge in [-0.2, -0.15) is 28.8 Å². The van der Waals surface area contributed by atoms with Gasteiger partial charge < -0.3 is 49.1 Å². The van der Waals surface area contributed by atoms with Crippen LogP contribution in [0.3, 0.4) is 0 Å². The highest BCUT2D eigenvalue weighted by Crippen LogP contribution is 2.29. The molecular formula is C53H56N24O6. The molecule has 13 rings (SSSR count). The number of nitrogens with two attached hydrogens (primary N) is 3. The van der Waals surface area contributed by atoms with E-state index in [9.17, 15) is 28.8 Å². The third-order valence-corrected chi connectivity index (χ3v) is 13.7. The van der Waals surface area contributed by atoms with E-state index in [1.54, 1.807) is 81.8 Å². The number of carbonyl (C=O) groups is 6. The Morgan fingerprint density at radius 3 is 1.24 bits per heavy atom. The Morgan fingerprint density at radius 1 is 0.494 bits per heavy atom. The van der Waals surface area contributed by atoms with E-state index in [2.05, 4.69) is 77.1 Å². The number of rotatable bonds is 15. The highest BCUT2D eigenvalue weighted by atomic mass is 16.2. The van der Waals surface area contributed by atoms with Crippen LogP contribution in [-0.2, 0) is 14.4 Å². The van der Waals surface area contributed by atoms with Gasteiger partial charge in [0.1, 0.15) is 86.5 Å². The van der Waals surface area contributed by atoms with Crippen molar-refractivity contribution in [1.29, 1.82) is 0 Å². The lowest BCUT2D eigenvalue weighted by Crippen LogP contribution is -2.25. The maximum absolute atomic E-state index is 12.6. The first-order valence-corrected chi connectivity index (χ1v) is 26.5. The summed E-state index contributed by atoms with van der Waals surface area (Å²) in [5.41, 5.74) is 18.6. The SMILES string of the molecule is CNc1cc(Nc2cccc(N3CCCC3=O)n2)nc2c(C(=O)NC3CC3)cnn12.CNc1cc(Nc2cccc(N3CCCC3=O)n2)nc2c(C(N)=O)cnn12.NC(=O)c1cnn2c(N)cc(Nc3cccc(N4CCCC4=O)n3)nc12. The molecule has 3 aliphatic heterocycles. The molecule has 30 heteroatoms. The van der Waals surface area contributed by atoms with E-state index < -0.39 is 11.8 Å². The van der Waals surface area contributed by atoms with Gasteiger partial charge in [-0.15, -0.1) is 0 Å². The third kappa shape index (κ3) is 11.5. The van der Waals surface area contributed by atoms with E-state index in [1.165, 1.54) is 27.6 Å². The van der Waals surface area contributed by atoms with Crippen LogP contribution < -0.4 is 63.8 Å². The zero-order valence-corrected chi connectivity index (χ0v) is 44.9. The fraction of sp³-hybridized carbons (Fsp3) is 0.264. The molecule has 0 bridgehead atoms. The van der Waals surface area contributed by atoms with Gasteiger partial charge in [-0.05, 0) is 68.5 Å². The number of primary amides is 2. The van der Waals surface area contributed by atoms with Crippen molar-refractivity contribution in [3.63, 3.8) is 0 Å². The second-order valence-electron chi connectivity index (χ2n) is 19.4. The Hall–Kier alpha value is -11.1. The molecule has 9 aromatic rings. The largest absolute Gasteiger partial charge is 0.383 e. The van der Waals surface area contributed by atoms with Gasteiger partial charge in [0.2, 0.25) is 17.7 Å². The summed E-state index contributed by atoms with van der Waals surface area (Å²) in [7, 11) is 3.52. The molecule has 4 aliphatic rings. The number of nitrogens with zero attached hydrogens (tertiary/aromatic N) is 15. The highest BCUT2D eigenvalue weighted by molar-refractivity contribution is 6.01. The smallest absolute Gasteiger partial charge is 0.256 e. The number of anilines is 12. The summed E-state index contributed by atoms with van der Waals surface area (Å²) < 4.78 is 4.43. The standard InChI is InChI=1S/C20H22N8O2.C17H18N8O2.C16H16N8O2/c1-21-17-10-15(24-14-4-2-5-16(25-14)27-9-3-6-18(27)29)26-19-13(11-22-28(17)19)20(30)23-12-7-8-12;1-19-14-8-12(23-17-10(16(18)27)9-20-25(14)17)21-11-4-2-5-13(22-11)24-7-3-6-15(24)26;17-10-7-12(22-16-9(15(18)26)8-19-24(10)16)20-11-3-1-4-13(21-11)23-6-2-5-14(23)25/h2,4-5,10-12,21H,3,6-9H2,1H3,(H,23,30)(H,24,25,26);2,4-5,8-9,19H,3,6-7H2,1H3,(H2,18,27)(H,21,22,23);1,3-4,7-8H,2,5-6,17H2,(H2,18,26)(H,20,21,22). The van der Waals surface area contributed by atoms with Crippen LogP contribution in [0.1, 0.15) is 82.4 Å². The minimum Gasteiger partial charge on any atom is -0.383 e. The number of pyridine rings is 3. The van der Waals surface area contributed by atoms with Crippen LogP contribution in [0.4, 0.5) is 69.8 Å². The summed E-state index contributed by atoms with van der Waals surface area (Å²) in [4.78, 5) is 103. The predicted molar refractivity (Wildman–Crippen MR) is 307 cm³/mol. The number of hydrogen-bond donors (Lipinski definition) is 9. The molecule has 6 amide bonds. The lowest BCUT2D eigenvalue weighted by Gasteiger charge is -2.16. The second kappa shape index (κ2) is 23.0. The average Bonchev–Trinajstić information content (AvgIpc) is 4.17. The van der Waals surface area contributed by atoms with Crippen LogP contribution in [0.5, 0.6) is 0 Å².